The van der Waals surface area contributed by atoms with Crippen molar-refractivity contribution in [3.8, 4) is 0 Å². The Kier molecular flexibility index (Phi) is 3.67. The molecular weight excluding hydrogens is 218 g/mol. The quantitative estimate of drug-likeness (QED) is 0.766. The standard InChI is InChI=1S/C14H18ClN/c1-10-9-12(15)7-8-13(10)14(16)11-5-3-2-4-6-11/h5,7-9,14H,2-4,6,16H2,1H3. The Morgan fingerprint density at radius 3 is 2.75 bits per heavy atom. The lowest BCUT2D eigenvalue weighted by Crippen LogP contribution is -2.16. The molecule has 0 aliphatic heterocycles. The van der Waals surface area contributed by atoms with E-state index in [0.29, 0.717) is 0 Å². The molecule has 0 saturated heterocycles. The summed E-state index contributed by atoms with van der Waals surface area (Å²) in [6.45, 7) is 2.07. The van der Waals surface area contributed by atoms with Crippen molar-refractivity contribution in [1.29, 1.82) is 0 Å². The lowest BCUT2D eigenvalue weighted by Gasteiger charge is -2.21. The number of hydrogen-bond donors (Lipinski definition) is 1. The summed E-state index contributed by atoms with van der Waals surface area (Å²) in [5, 5.41) is 0.783. The summed E-state index contributed by atoms with van der Waals surface area (Å²) in [4.78, 5) is 0. The fraction of sp³-hybridized carbons (Fsp3) is 0.429. The minimum Gasteiger partial charge on any atom is -0.321 e. The first-order valence-electron chi connectivity index (χ1n) is 5.89. The second kappa shape index (κ2) is 5.03. The number of allylic oxidation sites excluding steroid dienone is 1. The van der Waals surface area contributed by atoms with Crippen molar-refractivity contribution in [2.24, 2.45) is 5.73 Å². The van der Waals surface area contributed by atoms with Gasteiger partial charge in [0.2, 0.25) is 0 Å². The highest BCUT2D eigenvalue weighted by molar-refractivity contribution is 6.30. The van der Waals surface area contributed by atoms with Crippen LogP contribution in [0.2, 0.25) is 5.02 Å². The molecule has 0 saturated carbocycles. The van der Waals surface area contributed by atoms with E-state index in [1.54, 1.807) is 0 Å². The molecule has 1 aromatic rings. The molecule has 2 rings (SSSR count). The number of nitrogens with two attached hydrogens (primary N) is 1. The largest absolute Gasteiger partial charge is 0.321 e. The van der Waals surface area contributed by atoms with Gasteiger partial charge in [0, 0.05) is 5.02 Å². The van der Waals surface area contributed by atoms with Gasteiger partial charge in [0.25, 0.3) is 0 Å². The lowest BCUT2D eigenvalue weighted by atomic mass is 9.89. The zero-order valence-electron chi connectivity index (χ0n) is 9.67. The summed E-state index contributed by atoms with van der Waals surface area (Å²) in [6.07, 6.45) is 7.20. The molecule has 1 aliphatic rings. The van der Waals surface area contributed by atoms with Crippen LogP contribution < -0.4 is 5.73 Å². The highest BCUT2D eigenvalue weighted by Gasteiger charge is 2.15. The van der Waals surface area contributed by atoms with Gasteiger partial charge in [-0.25, -0.2) is 0 Å². The smallest absolute Gasteiger partial charge is 0.0513 e. The Morgan fingerprint density at radius 2 is 2.12 bits per heavy atom. The van der Waals surface area contributed by atoms with Gasteiger partial charge < -0.3 is 5.73 Å². The third kappa shape index (κ3) is 2.47. The normalized spacial score (nSPS) is 18.1. The van der Waals surface area contributed by atoms with Crippen LogP contribution in [0.15, 0.2) is 29.8 Å². The zero-order valence-corrected chi connectivity index (χ0v) is 10.4. The van der Waals surface area contributed by atoms with Crippen molar-refractivity contribution in [1.82, 2.24) is 0 Å². The first kappa shape index (κ1) is 11.7. The van der Waals surface area contributed by atoms with Crippen molar-refractivity contribution in [3.63, 3.8) is 0 Å². The van der Waals surface area contributed by atoms with E-state index in [0.717, 1.165) is 11.4 Å². The fourth-order valence-electron chi connectivity index (χ4n) is 2.33. The maximum Gasteiger partial charge on any atom is 0.0513 e. The third-order valence-corrected chi connectivity index (χ3v) is 3.53. The van der Waals surface area contributed by atoms with Crippen LogP contribution in [0.1, 0.15) is 42.9 Å². The molecule has 1 atom stereocenters. The third-order valence-electron chi connectivity index (χ3n) is 3.29. The Morgan fingerprint density at radius 1 is 1.31 bits per heavy atom. The molecule has 2 N–H and O–H groups in total. The van der Waals surface area contributed by atoms with E-state index in [1.165, 1.54) is 36.0 Å². The molecule has 2 heteroatoms. The molecule has 86 valence electrons. The molecule has 0 heterocycles. The van der Waals surface area contributed by atoms with Gasteiger partial charge in [-0.15, -0.1) is 0 Å². The van der Waals surface area contributed by atoms with Crippen LogP contribution in [0, 0.1) is 6.92 Å². The maximum atomic E-state index is 6.31. The molecule has 0 bridgehead atoms. The molecular formula is C14H18ClN. The van der Waals surface area contributed by atoms with Crippen LogP contribution in [0.25, 0.3) is 0 Å². The fourth-order valence-corrected chi connectivity index (χ4v) is 2.56. The monoisotopic (exact) mass is 235 g/mol. The van der Waals surface area contributed by atoms with Gasteiger partial charge in [0.15, 0.2) is 0 Å². The molecule has 1 nitrogen and oxygen atoms in total. The minimum atomic E-state index is 0.0533. The van der Waals surface area contributed by atoms with Crippen LogP contribution >= 0.6 is 11.6 Å². The summed E-state index contributed by atoms with van der Waals surface area (Å²) in [7, 11) is 0. The van der Waals surface area contributed by atoms with Crippen LogP contribution in [-0.4, -0.2) is 0 Å². The average molecular weight is 236 g/mol. The number of hydrogen-bond acceptors (Lipinski definition) is 1. The van der Waals surface area contributed by atoms with E-state index in [-0.39, 0.29) is 6.04 Å². The van der Waals surface area contributed by atoms with E-state index in [9.17, 15) is 0 Å². The van der Waals surface area contributed by atoms with Gasteiger partial charge in [0.1, 0.15) is 0 Å². The summed E-state index contributed by atoms with van der Waals surface area (Å²) in [6, 6.07) is 6.02. The summed E-state index contributed by atoms with van der Waals surface area (Å²) < 4.78 is 0. The summed E-state index contributed by atoms with van der Waals surface area (Å²) in [5.41, 5.74) is 10.1. The predicted octanol–water partition coefficient (Wildman–Crippen LogP) is 4.15. The van der Waals surface area contributed by atoms with Crippen molar-refractivity contribution < 1.29 is 0 Å². The topological polar surface area (TPSA) is 26.0 Å². The second-order valence-electron chi connectivity index (χ2n) is 4.50. The average Bonchev–Trinajstić information content (AvgIpc) is 2.29. The van der Waals surface area contributed by atoms with Gasteiger partial charge in [-0.2, -0.15) is 0 Å². The molecule has 0 radical (unpaired) electrons. The van der Waals surface area contributed by atoms with Crippen LogP contribution in [0.4, 0.5) is 0 Å². The molecule has 1 unspecified atom stereocenters. The van der Waals surface area contributed by atoms with Gasteiger partial charge >= 0.3 is 0 Å². The van der Waals surface area contributed by atoms with Crippen LogP contribution in [0.3, 0.4) is 0 Å². The van der Waals surface area contributed by atoms with Crippen molar-refractivity contribution in [2.75, 3.05) is 0 Å². The Bertz CT molecular complexity index is 409. The predicted molar refractivity (Wildman–Crippen MR) is 69.7 cm³/mol. The highest BCUT2D eigenvalue weighted by Crippen LogP contribution is 2.30. The Labute approximate surface area is 102 Å². The summed E-state index contributed by atoms with van der Waals surface area (Å²) in [5.74, 6) is 0. The van der Waals surface area contributed by atoms with Gasteiger partial charge in [0.05, 0.1) is 6.04 Å². The number of aryl methyl sites for hydroxylation is 1. The molecule has 0 fully saturated rings. The molecule has 1 aliphatic carbocycles. The molecule has 1 aromatic carbocycles. The Hall–Kier alpha value is -0.790. The molecule has 0 amide bonds. The van der Waals surface area contributed by atoms with Crippen molar-refractivity contribution >= 4 is 11.6 Å². The molecule has 16 heavy (non-hydrogen) atoms. The van der Waals surface area contributed by atoms with Crippen molar-refractivity contribution in [2.45, 2.75) is 38.6 Å². The van der Waals surface area contributed by atoms with Crippen LogP contribution in [0.5, 0.6) is 0 Å². The first-order valence-corrected chi connectivity index (χ1v) is 6.27. The van der Waals surface area contributed by atoms with Crippen molar-refractivity contribution in [3.05, 3.63) is 46.0 Å². The van der Waals surface area contributed by atoms with E-state index < -0.39 is 0 Å². The number of halogens is 1. The highest BCUT2D eigenvalue weighted by atomic mass is 35.5. The number of benzene rings is 1. The maximum absolute atomic E-state index is 6.31. The van der Waals surface area contributed by atoms with E-state index in [1.807, 2.05) is 12.1 Å². The van der Waals surface area contributed by atoms with Gasteiger partial charge in [-0.05, 0) is 55.9 Å². The minimum absolute atomic E-state index is 0.0533. The molecule has 0 spiro atoms. The SMILES string of the molecule is Cc1cc(Cl)ccc1C(N)C1=CCCCC1. The van der Waals surface area contributed by atoms with Gasteiger partial charge in [-0.3, -0.25) is 0 Å². The van der Waals surface area contributed by atoms with Gasteiger partial charge in [-0.1, -0.05) is 29.3 Å². The van der Waals surface area contributed by atoms with E-state index >= 15 is 0 Å². The molecule has 0 aromatic heterocycles. The second-order valence-corrected chi connectivity index (χ2v) is 4.94. The zero-order chi connectivity index (χ0) is 11.5. The summed E-state index contributed by atoms with van der Waals surface area (Å²) >= 11 is 5.95. The van der Waals surface area contributed by atoms with E-state index in [4.69, 9.17) is 17.3 Å². The Balaban J connectivity index is 2.26. The van der Waals surface area contributed by atoms with E-state index in [2.05, 4.69) is 19.1 Å². The van der Waals surface area contributed by atoms with Crippen LogP contribution in [-0.2, 0) is 0 Å². The lowest BCUT2D eigenvalue weighted by molar-refractivity contribution is 0.647. The first-order chi connectivity index (χ1) is 7.68. The number of rotatable bonds is 2.